The molecule has 0 radical (unpaired) electrons. The molecule has 2 aromatic carbocycles. The molecule has 0 fully saturated rings. The van der Waals surface area contributed by atoms with Gasteiger partial charge in [0.15, 0.2) is 0 Å². The van der Waals surface area contributed by atoms with E-state index in [-0.39, 0.29) is 0 Å². The normalized spacial score (nSPS) is 10.3. The molecule has 3 nitrogen and oxygen atoms in total. The lowest BCUT2D eigenvalue weighted by atomic mass is 10.1. The summed E-state index contributed by atoms with van der Waals surface area (Å²) in [5.74, 6) is 2.24. The van der Waals surface area contributed by atoms with Crippen molar-refractivity contribution >= 4 is 37.9 Å². The average molecular weight is 442 g/mol. The monoisotopic (exact) mass is 442 g/mol. The molecule has 122 valence electrons. The maximum absolute atomic E-state index is 5.98. The smallest absolute Gasteiger partial charge is 0.228 e. The molecule has 2 aromatic rings. The lowest BCUT2D eigenvalue weighted by Gasteiger charge is -2.15. The van der Waals surface area contributed by atoms with Crippen LogP contribution in [0.1, 0.15) is 23.6 Å². The summed E-state index contributed by atoms with van der Waals surface area (Å²) in [6.45, 7) is 4.54. The van der Waals surface area contributed by atoms with Crippen LogP contribution in [0.3, 0.4) is 0 Å². The van der Waals surface area contributed by atoms with Crippen LogP contribution in [0.4, 0.5) is 0 Å². The molecule has 0 N–H and O–H groups in total. The summed E-state index contributed by atoms with van der Waals surface area (Å²) in [6, 6.07) is 11.9. The second-order valence-corrected chi connectivity index (χ2v) is 7.10. The molecule has 0 atom stereocenters. The number of rotatable bonds is 6. The molecular weight excluding hydrogens is 423 g/mol. The Morgan fingerprint density at radius 2 is 1.87 bits per heavy atom. The summed E-state index contributed by atoms with van der Waals surface area (Å²) in [5.41, 5.74) is 3.26. The van der Waals surface area contributed by atoms with Crippen LogP contribution in [0.5, 0.6) is 17.2 Å². The number of halogens is 1. The standard InChI is InChI=1S/C18H19IO3S/c1-4-13-8-9-15(12(2)10-13)21-11-14-16(20-3)6-5-7-17(14)22-18(19)23/h5-10H,4,11H2,1-3H3. The van der Waals surface area contributed by atoms with Gasteiger partial charge in [-0.05, 0) is 54.9 Å². The second-order valence-electron chi connectivity index (χ2n) is 5.02. The van der Waals surface area contributed by atoms with Crippen molar-refractivity contribution in [3.8, 4) is 17.2 Å². The fraction of sp³-hybridized carbons (Fsp3) is 0.278. The van der Waals surface area contributed by atoms with Crippen LogP contribution in [-0.2, 0) is 13.0 Å². The third-order valence-electron chi connectivity index (χ3n) is 3.52. The van der Waals surface area contributed by atoms with Gasteiger partial charge >= 0.3 is 0 Å². The molecule has 5 heteroatoms. The minimum absolute atomic E-state index is 0.352. The van der Waals surface area contributed by atoms with Gasteiger partial charge in [-0.1, -0.05) is 25.1 Å². The number of aryl methyl sites for hydroxylation is 2. The van der Waals surface area contributed by atoms with Gasteiger partial charge in [0.1, 0.15) is 23.9 Å². The summed E-state index contributed by atoms with van der Waals surface area (Å²) in [4.78, 5) is 0. The molecular formula is C18H19IO3S. The lowest BCUT2D eigenvalue weighted by molar-refractivity contribution is 0.290. The van der Waals surface area contributed by atoms with Gasteiger partial charge in [-0.15, -0.1) is 0 Å². The van der Waals surface area contributed by atoms with E-state index in [4.69, 9.17) is 26.4 Å². The molecule has 0 heterocycles. The van der Waals surface area contributed by atoms with Crippen molar-refractivity contribution in [1.82, 2.24) is 0 Å². The molecule has 0 saturated carbocycles. The van der Waals surface area contributed by atoms with Crippen molar-refractivity contribution in [2.45, 2.75) is 26.9 Å². The number of thiocarbonyl (C=S) groups is 1. The van der Waals surface area contributed by atoms with E-state index >= 15 is 0 Å². The van der Waals surface area contributed by atoms with Crippen LogP contribution in [0.25, 0.3) is 0 Å². The van der Waals surface area contributed by atoms with Gasteiger partial charge in [0, 0.05) is 22.6 Å². The predicted octanol–water partition coefficient (Wildman–Crippen LogP) is 5.24. The highest BCUT2D eigenvalue weighted by Gasteiger charge is 2.13. The first-order valence-corrected chi connectivity index (χ1v) is 8.79. The van der Waals surface area contributed by atoms with Gasteiger partial charge in [0.05, 0.1) is 12.7 Å². The minimum atomic E-state index is 0.352. The van der Waals surface area contributed by atoms with E-state index in [0.717, 1.165) is 29.0 Å². The van der Waals surface area contributed by atoms with E-state index in [1.54, 1.807) is 7.11 Å². The van der Waals surface area contributed by atoms with E-state index in [2.05, 4.69) is 19.1 Å². The Kier molecular flexibility index (Phi) is 6.65. The summed E-state index contributed by atoms with van der Waals surface area (Å²) >= 11 is 6.99. The molecule has 0 aliphatic heterocycles. The van der Waals surface area contributed by atoms with Crippen LogP contribution in [0, 0.1) is 6.92 Å². The highest BCUT2D eigenvalue weighted by Crippen LogP contribution is 2.31. The predicted molar refractivity (Wildman–Crippen MR) is 105 cm³/mol. The highest BCUT2D eigenvalue weighted by atomic mass is 127. The topological polar surface area (TPSA) is 27.7 Å². The van der Waals surface area contributed by atoms with Crippen LogP contribution < -0.4 is 14.2 Å². The van der Waals surface area contributed by atoms with Crippen LogP contribution in [0.2, 0.25) is 0 Å². The maximum atomic E-state index is 5.98. The first-order valence-electron chi connectivity index (χ1n) is 7.30. The number of ether oxygens (including phenoxy) is 3. The molecule has 0 spiro atoms. The molecule has 23 heavy (non-hydrogen) atoms. The summed E-state index contributed by atoms with van der Waals surface area (Å²) in [6.07, 6.45) is 1.01. The summed E-state index contributed by atoms with van der Waals surface area (Å²) < 4.78 is 17.4. The van der Waals surface area contributed by atoms with Crippen molar-refractivity contribution < 1.29 is 14.2 Å². The Labute approximate surface area is 156 Å². The van der Waals surface area contributed by atoms with Crippen molar-refractivity contribution in [1.29, 1.82) is 0 Å². The zero-order chi connectivity index (χ0) is 16.8. The van der Waals surface area contributed by atoms with Crippen LogP contribution in [-0.4, -0.2) is 10.2 Å². The van der Waals surface area contributed by atoms with Gasteiger partial charge < -0.3 is 14.2 Å². The van der Waals surface area contributed by atoms with Crippen molar-refractivity contribution in [2.24, 2.45) is 0 Å². The zero-order valence-corrected chi connectivity index (χ0v) is 16.4. The Balaban J connectivity index is 2.24. The molecule has 0 aliphatic rings. The van der Waals surface area contributed by atoms with Crippen LogP contribution >= 0.6 is 34.8 Å². The van der Waals surface area contributed by atoms with E-state index in [1.807, 2.05) is 53.8 Å². The van der Waals surface area contributed by atoms with Crippen molar-refractivity contribution in [3.05, 3.63) is 53.1 Å². The Bertz CT molecular complexity index is 701. The highest BCUT2D eigenvalue weighted by molar-refractivity contribution is 14.1. The SMILES string of the molecule is CCc1ccc(OCc2c(OC)cccc2OC(=S)I)c(C)c1. The third-order valence-corrected chi connectivity index (χ3v) is 3.82. The van der Waals surface area contributed by atoms with Crippen LogP contribution in [0.15, 0.2) is 36.4 Å². The summed E-state index contributed by atoms with van der Waals surface area (Å²) in [5, 5.41) is 0. The summed E-state index contributed by atoms with van der Waals surface area (Å²) in [7, 11) is 1.63. The van der Waals surface area contributed by atoms with E-state index in [9.17, 15) is 0 Å². The third kappa shape index (κ3) is 4.81. The maximum Gasteiger partial charge on any atom is 0.228 e. The van der Waals surface area contributed by atoms with Crippen molar-refractivity contribution in [2.75, 3.05) is 7.11 Å². The van der Waals surface area contributed by atoms with Gasteiger partial charge in [0.25, 0.3) is 0 Å². The molecule has 0 unspecified atom stereocenters. The minimum Gasteiger partial charge on any atom is -0.496 e. The lowest BCUT2D eigenvalue weighted by Crippen LogP contribution is -2.05. The Morgan fingerprint density at radius 1 is 1.13 bits per heavy atom. The van der Waals surface area contributed by atoms with E-state index in [1.165, 1.54) is 5.56 Å². The largest absolute Gasteiger partial charge is 0.496 e. The van der Waals surface area contributed by atoms with Gasteiger partial charge in [-0.25, -0.2) is 0 Å². The van der Waals surface area contributed by atoms with E-state index < -0.39 is 0 Å². The first-order chi connectivity index (χ1) is 11.0. The number of methoxy groups -OCH3 is 1. The molecule has 0 aromatic heterocycles. The molecule has 0 aliphatic carbocycles. The fourth-order valence-corrected chi connectivity index (χ4v) is 2.63. The number of hydrogen-bond donors (Lipinski definition) is 0. The molecule has 0 saturated heterocycles. The number of benzene rings is 2. The average Bonchev–Trinajstić information content (AvgIpc) is 2.53. The quantitative estimate of drug-likeness (QED) is 0.347. The van der Waals surface area contributed by atoms with Crippen molar-refractivity contribution in [3.63, 3.8) is 0 Å². The molecule has 0 amide bonds. The number of hydrogen-bond acceptors (Lipinski definition) is 4. The van der Waals surface area contributed by atoms with Gasteiger partial charge in [-0.3, -0.25) is 0 Å². The van der Waals surface area contributed by atoms with E-state index in [0.29, 0.717) is 15.4 Å². The molecule has 0 bridgehead atoms. The molecule has 2 rings (SSSR count). The van der Waals surface area contributed by atoms with Gasteiger partial charge in [0.2, 0.25) is 3.06 Å². The first kappa shape index (κ1) is 18.0. The zero-order valence-electron chi connectivity index (χ0n) is 13.4. The second kappa shape index (κ2) is 8.49. The fourth-order valence-electron chi connectivity index (χ4n) is 2.30. The Morgan fingerprint density at radius 3 is 2.48 bits per heavy atom. The van der Waals surface area contributed by atoms with Gasteiger partial charge in [-0.2, -0.15) is 0 Å². The Hall–Kier alpha value is -1.34.